The Kier molecular flexibility index (Phi) is 3.48. The lowest BCUT2D eigenvalue weighted by Gasteiger charge is -1.98. The van der Waals surface area contributed by atoms with Crippen LogP contribution in [0.25, 0.3) is 0 Å². The summed E-state index contributed by atoms with van der Waals surface area (Å²) in [7, 11) is 0. The molecule has 0 unspecified atom stereocenters. The van der Waals surface area contributed by atoms with Gasteiger partial charge < -0.3 is 0 Å². The second-order valence-electron chi connectivity index (χ2n) is 1.95. The molecule has 10 heavy (non-hydrogen) atoms. The van der Waals surface area contributed by atoms with E-state index in [-0.39, 0.29) is 0 Å². The van der Waals surface area contributed by atoms with Gasteiger partial charge in [-0.3, -0.25) is 0 Å². The summed E-state index contributed by atoms with van der Waals surface area (Å²) in [4.78, 5) is 0. The normalized spacial score (nSPS) is 10.3. The quantitative estimate of drug-likeness (QED) is 0.623. The van der Waals surface area contributed by atoms with Crippen molar-refractivity contribution in [1.82, 2.24) is 0 Å². The molecule has 0 heterocycles. The van der Waals surface area contributed by atoms with Crippen LogP contribution in [0.1, 0.15) is 5.56 Å². The van der Waals surface area contributed by atoms with E-state index in [0.717, 1.165) is 6.16 Å². The van der Waals surface area contributed by atoms with Crippen LogP contribution in [-0.4, -0.2) is 0 Å². The predicted octanol–water partition coefficient (Wildman–Crippen LogP) is 3.98. The van der Waals surface area contributed by atoms with Gasteiger partial charge in [0, 0.05) is 6.16 Å². The van der Waals surface area contributed by atoms with Crippen molar-refractivity contribution in [1.29, 1.82) is 0 Å². The lowest BCUT2D eigenvalue weighted by Crippen LogP contribution is -1.74. The van der Waals surface area contributed by atoms with Crippen LogP contribution in [0.3, 0.4) is 0 Å². The summed E-state index contributed by atoms with van der Waals surface area (Å²) in [5.41, 5.74) is 1.21. The van der Waals surface area contributed by atoms with Gasteiger partial charge in [0.15, 0.2) is 0 Å². The van der Waals surface area contributed by atoms with E-state index in [9.17, 15) is 0 Å². The highest BCUT2D eigenvalue weighted by Gasteiger charge is 1.98. The van der Waals surface area contributed by atoms with Crippen LogP contribution in [-0.2, 0) is 6.16 Å². The minimum absolute atomic E-state index is 0.791. The first-order valence-corrected chi connectivity index (χ1v) is 6.26. The number of rotatable bonds is 2. The Hall–Kier alpha value is 0.230. The van der Waals surface area contributed by atoms with Crippen LogP contribution in [0.5, 0.6) is 0 Å². The molecule has 54 valence electrons. The molecule has 1 rings (SSSR count). The summed E-state index contributed by atoms with van der Waals surface area (Å²) in [5, 5.41) is 0. The van der Waals surface area contributed by atoms with E-state index in [4.69, 9.17) is 22.5 Å². The molecule has 0 aliphatic heterocycles. The fourth-order valence-electron chi connectivity index (χ4n) is 0.721. The van der Waals surface area contributed by atoms with Crippen LogP contribution >= 0.6 is 29.1 Å². The minimum Gasteiger partial charge on any atom is -0.0777 e. The highest BCUT2D eigenvalue weighted by molar-refractivity contribution is 8.03. The number of benzene rings is 1. The molecular formula is C7H7Cl2P. The zero-order valence-corrected chi connectivity index (χ0v) is 7.70. The third kappa shape index (κ3) is 2.88. The summed E-state index contributed by atoms with van der Waals surface area (Å²) in [6.07, 6.45) is 0.791. The SMILES string of the molecule is ClP(Cl)Cc1ccccc1. The average Bonchev–Trinajstić information content (AvgIpc) is 1.88. The molecule has 0 radical (unpaired) electrons. The standard InChI is InChI=1S/C7H7Cl2P/c8-10(9)6-7-4-2-1-3-5-7/h1-5H,6H2. The third-order valence-electron chi connectivity index (χ3n) is 1.14. The molecule has 1 aromatic carbocycles. The molecule has 0 fully saturated rings. The van der Waals surface area contributed by atoms with Crippen molar-refractivity contribution >= 4 is 29.1 Å². The molecule has 3 heteroatoms. The van der Waals surface area contributed by atoms with Gasteiger partial charge >= 0.3 is 0 Å². The Labute approximate surface area is 71.5 Å². The second-order valence-corrected chi connectivity index (χ2v) is 5.84. The molecule has 0 nitrogen and oxygen atoms in total. The van der Waals surface area contributed by atoms with E-state index in [1.54, 1.807) is 0 Å². The Morgan fingerprint density at radius 1 is 1.10 bits per heavy atom. The molecular weight excluding hydrogens is 186 g/mol. The monoisotopic (exact) mass is 192 g/mol. The molecule has 0 amide bonds. The van der Waals surface area contributed by atoms with Crippen LogP contribution in [0.4, 0.5) is 0 Å². The molecule has 0 aliphatic carbocycles. The van der Waals surface area contributed by atoms with Gasteiger partial charge in [0.2, 0.25) is 0 Å². The average molecular weight is 193 g/mol. The fourth-order valence-corrected chi connectivity index (χ4v) is 2.04. The van der Waals surface area contributed by atoms with E-state index in [1.807, 2.05) is 30.3 Å². The van der Waals surface area contributed by atoms with Gasteiger partial charge in [-0.1, -0.05) is 52.8 Å². The number of halogens is 2. The maximum absolute atomic E-state index is 5.64. The van der Waals surface area contributed by atoms with Crippen molar-refractivity contribution in [3.05, 3.63) is 35.9 Å². The molecule has 0 bridgehead atoms. The van der Waals surface area contributed by atoms with E-state index >= 15 is 0 Å². The van der Waals surface area contributed by atoms with Crippen LogP contribution in [0.15, 0.2) is 30.3 Å². The van der Waals surface area contributed by atoms with Gasteiger partial charge in [0.25, 0.3) is 0 Å². The molecule has 0 spiro atoms. The minimum atomic E-state index is -0.832. The highest BCUT2D eigenvalue weighted by atomic mass is 35.9. The molecule has 0 atom stereocenters. The fraction of sp³-hybridized carbons (Fsp3) is 0.143. The number of hydrogen-bond acceptors (Lipinski definition) is 0. The van der Waals surface area contributed by atoms with Crippen molar-refractivity contribution in [2.24, 2.45) is 0 Å². The first kappa shape index (κ1) is 8.33. The first-order valence-electron chi connectivity index (χ1n) is 2.92. The van der Waals surface area contributed by atoms with Crippen molar-refractivity contribution in [2.45, 2.75) is 6.16 Å². The van der Waals surface area contributed by atoms with E-state index in [2.05, 4.69) is 0 Å². The summed E-state index contributed by atoms with van der Waals surface area (Å²) in [6, 6.07) is 10.0. The molecule has 0 saturated carbocycles. The molecule has 1 aromatic rings. The maximum atomic E-state index is 5.64. The topological polar surface area (TPSA) is 0 Å². The largest absolute Gasteiger partial charge is 0.0899 e. The predicted molar refractivity (Wildman–Crippen MR) is 48.8 cm³/mol. The summed E-state index contributed by atoms with van der Waals surface area (Å²) >= 11 is 11.3. The summed E-state index contributed by atoms with van der Waals surface area (Å²) in [5.74, 6) is 0. The lowest BCUT2D eigenvalue weighted by molar-refractivity contribution is 1.42. The van der Waals surface area contributed by atoms with Crippen LogP contribution < -0.4 is 0 Å². The van der Waals surface area contributed by atoms with Gasteiger partial charge in [0.05, 0.1) is 6.63 Å². The Bertz CT molecular complexity index is 186. The van der Waals surface area contributed by atoms with Gasteiger partial charge in [0.1, 0.15) is 0 Å². The summed E-state index contributed by atoms with van der Waals surface area (Å²) in [6.45, 7) is -0.832. The van der Waals surface area contributed by atoms with Gasteiger partial charge in [-0.25, -0.2) is 0 Å². The Morgan fingerprint density at radius 3 is 2.20 bits per heavy atom. The van der Waals surface area contributed by atoms with Crippen molar-refractivity contribution < 1.29 is 0 Å². The van der Waals surface area contributed by atoms with Crippen LogP contribution in [0, 0.1) is 0 Å². The highest BCUT2D eigenvalue weighted by Crippen LogP contribution is 2.49. The molecule has 0 saturated heterocycles. The molecule has 0 N–H and O–H groups in total. The smallest absolute Gasteiger partial charge is 0.0777 e. The van der Waals surface area contributed by atoms with Gasteiger partial charge in [-0.2, -0.15) is 0 Å². The van der Waals surface area contributed by atoms with Gasteiger partial charge in [-0.05, 0) is 5.56 Å². The van der Waals surface area contributed by atoms with Crippen molar-refractivity contribution in [3.63, 3.8) is 0 Å². The zero-order valence-electron chi connectivity index (χ0n) is 5.30. The zero-order chi connectivity index (χ0) is 7.40. The lowest BCUT2D eigenvalue weighted by atomic mass is 10.2. The van der Waals surface area contributed by atoms with Gasteiger partial charge in [-0.15, -0.1) is 0 Å². The third-order valence-corrected chi connectivity index (χ3v) is 2.47. The Balaban J connectivity index is 2.59. The first-order chi connectivity index (χ1) is 4.79. The second kappa shape index (κ2) is 4.18. The molecule has 0 aromatic heterocycles. The Morgan fingerprint density at radius 2 is 1.70 bits per heavy atom. The van der Waals surface area contributed by atoms with Crippen molar-refractivity contribution in [3.8, 4) is 0 Å². The molecule has 0 aliphatic rings. The van der Waals surface area contributed by atoms with E-state index in [1.165, 1.54) is 5.56 Å². The number of hydrogen-bond donors (Lipinski definition) is 0. The van der Waals surface area contributed by atoms with Crippen LogP contribution in [0.2, 0.25) is 0 Å². The summed E-state index contributed by atoms with van der Waals surface area (Å²) < 4.78 is 0. The van der Waals surface area contributed by atoms with Crippen molar-refractivity contribution in [2.75, 3.05) is 0 Å². The maximum Gasteiger partial charge on any atom is 0.0899 e. The van der Waals surface area contributed by atoms with E-state index < -0.39 is 6.63 Å². The van der Waals surface area contributed by atoms with E-state index in [0.29, 0.717) is 0 Å².